The molecule has 1 aromatic heterocycles. The van der Waals surface area contributed by atoms with Crippen LogP contribution < -0.4 is 4.72 Å². The standard InChI is InChI=1S/C14H21N3O4S2/c1-10-16-12(7-22-10)13(18)17-8-14(9-17)4-3-11(6-21-14)5-15-23(2,19)20/h7,11,15H,3-6,8-9H2,1-2H3. The van der Waals surface area contributed by atoms with Crippen molar-refractivity contribution >= 4 is 27.3 Å². The van der Waals surface area contributed by atoms with Crippen molar-refractivity contribution in [3.63, 3.8) is 0 Å². The number of sulfonamides is 1. The lowest BCUT2D eigenvalue weighted by molar-refractivity contribution is -0.166. The van der Waals surface area contributed by atoms with Crippen LogP contribution in [0.4, 0.5) is 0 Å². The van der Waals surface area contributed by atoms with E-state index in [0.29, 0.717) is 31.9 Å². The highest BCUT2D eigenvalue weighted by Crippen LogP contribution is 2.36. The fourth-order valence-electron chi connectivity index (χ4n) is 3.01. The molecule has 1 aromatic rings. The number of carbonyl (C=O) groups is 1. The Morgan fingerprint density at radius 1 is 1.57 bits per heavy atom. The van der Waals surface area contributed by atoms with Crippen molar-refractivity contribution in [1.29, 1.82) is 0 Å². The molecular formula is C14H21N3O4S2. The highest BCUT2D eigenvalue weighted by atomic mass is 32.2. The second kappa shape index (κ2) is 6.12. The van der Waals surface area contributed by atoms with Crippen molar-refractivity contribution in [3.05, 3.63) is 16.1 Å². The summed E-state index contributed by atoms with van der Waals surface area (Å²) >= 11 is 1.47. The zero-order valence-electron chi connectivity index (χ0n) is 13.2. The van der Waals surface area contributed by atoms with Crippen LogP contribution in [0, 0.1) is 12.8 Å². The van der Waals surface area contributed by atoms with Gasteiger partial charge in [-0.15, -0.1) is 11.3 Å². The summed E-state index contributed by atoms with van der Waals surface area (Å²) in [5.41, 5.74) is 0.260. The SMILES string of the molecule is Cc1nc(C(=O)N2CC3(CCC(CNS(C)(=O)=O)CO3)C2)cs1. The summed E-state index contributed by atoms with van der Waals surface area (Å²) in [5, 5.41) is 2.68. The Bertz CT molecular complexity index is 685. The van der Waals surface area contributed by atoms with Gasteiger partial charge in [-0.3, -0.25) is 4.79 Å². The molecule has 2 aliphatic heterocycles. The van der Waals surface area contributed by atoms with Crippen LogP contribution in [0.15, 0.2) is 5.38 Å². The number of likely N-dealkylation sites (tertiary alicyclic amines) is 1. The van der Waals surface area contributed by atoms with Crippen LogP contribution in [0.5, 0.6) is 0 Å². The summed E-state index contributed by atoms with van der Waals surface area (Å²) in [7, 11) is -3.16. The summed E-state index contributed by atoms with van der Waals surface area (Å²) in [4.78, 5) is 18.3. The van der Waals surface area contributed by atoms with Crippen molar-refractivity contribution in [3.8, 4) is 0 Å². The largest absolute Gasteiger partial charge is 0.371 e. The first kappa shape index (κ1) is 16.8. The summed E-state index contributed by atoms with van der Waals surface area (Å²) < 4.78 is 30.7. The molecule has 3 rings (SSSR count). The van der Waals surface area contributed by atoms with Gasteiger partial charge in [0.05, 0.1) is 31.0 Å². The van der Waals surface area contributed by atoms with Gasteiger partial charge < -0.3 is 9.64 Å². The number of hydrogen-bond acceptors (Lipinski definition) is 6. The first-order valence-corrected chi connectivity index (χ1v) is 10.3. The fourth-order valence-corrected chi connectivity index (χ4v) is 4.14. The van der Waals surface area contributed by atoms with E-state index in [1.54, 1.807) is 10.3 Å². The molecular weight excluding hydrogens is 338 g/mol. The van der Waals surface area contributed by atoms with Crippen LogP contribution in [0.2, 0.25) is 0 Å². The van der Waals surface area contributed by atoms with Crippen LogP contribution in [0.25, 0.3) is 0 Å². The van der Waals surface area contributed by atoms with E-state index in [-0.39, 0.29) is 17.4 Å². The molecule has 2 fully saturated rings. The minimum atomic E-state index is -3.16. The lowest BCUT2D eigenvalue weighted by Crippen LogP contribution is -2.66. The molecule has 1 unspecified atom stereocenters. The molecule has 0 radical (unpaired) electrons. The Labute approximate surface area is 140 Å². The first-order valence-electron chi connectivity index (χ1n) is 7.56. The molecule has 3 heterocycles. The van der Waals surface area contributed by atoms with Gasteiger partial charge in [-0.25, -0.2) is 18.1 Å². The van der Waals surface area contributed by atoms with Gasteiger partial charge in [-0.2, -0.15) is 0 Å². The molecule has 9 heteroatoms. The molecule has 2 aliphatic rings. The van der Waals surface area contributed by atoms with Gasteiger partial charge in [0.15, 0.2) is 0 Å². The molecule has 0 bridgehead atoms. The Hall–Kier alpha value is -1.03. The maximum atomic E-state index is 12.3. The zero-order valence-corrected chi connectivity index (χ0v) is 14.9. The van der Waals surface area contributed by atoms with Crippen molar-refractivity contribution in [2.45, 2.75) is 25.4 Å². The molecule has 0 saturated carbocycles. The second-order valence-corrected chi connectivity index (χ2v) is 9.33. The Morgan fingerprint density at radius 3 is 2.83 bits per heavy atom. The molecule has 2 saturated heterocycles. The predicted molar refractivity (Wildman–Crippen MR) is 87.0 cm³/mol. The summed E-state index contributed by atoms with van der Waals surface area (Å²) in [6.45, 7) is 4.01. The summed E-state index contributed by atoms with van der Waals surface area (Å²) in [6.07, 6.45) is 2.91. The minimum absolute atomic E-state index is 0.0376. The average molecular weight is 359 g/mol. The van der Waals surface area contributed by atoms with Gasteiger partial charge in [-0.05, 0) is 25.7 Å². The third-order valence-electron chi connectivity index (χ3n) is 4.35. The fraction of sp³-hybridized carbons (Fsp3) is 0.714. The smallest absolute Gasteiger partial charge is 0.273 e. The van der Waals surface area contributed by atoms with Gasteiger partial charge >= 0.3 is 0 Å². The molecule has 1 atom stereocenters. The van der Waals surface area contributed by atoms with Crippen LogP contribution in [-0.2, 0) is 14.8 Å². The third-order valence-corrected chi connectivity index (χ3v) is 5.82. The Kier molecular flexibility index (Phi) is 4.47. The average Bonchev–Trinajstić information content (AvgIpc) is 2.88. The number of thiazole rings is 1. The normalized spacial score (nSPS) is 23.7. The van der Waals surface area contributed by atoms with Crippen LogP contribution in [-0.4, -0.2) is 62.3 Å². The summed E-state index contributed by atoms with van der Waals surface area (Å²) in [5.74, 6) is 0.158. The van der Waals surface area contributed by atoms with Gasteiger partial charge in [0.25, 0.3) is 5.91 Å². The van der Waals surface area contributed by atoms with E-state index in [2.05, 4.69) is 9.71 Å². The molecule has 1 amide bonds. The number of nitrogens with zero attached hydrogens (tertiary/aromatic N) is 2. The molecule has 1 spiro atoms. The molecule has 7 nitrogen and oxygen atoms in total. The van der Waals surface area contributed by atoms with E-state index in [0.717, 1.165) is 24.1 Å². The predicted octanol–water partition coefficient (Wildman–Crippen LogP) is 0.622. The number of ether oxygens (including phenoxy) is 1. The molecule has 1 N–H and O–H groups in total. The van der Waals surface area contributed by atoms with Crippen LogP contribution >= 0.6 is 11.3 Å². The van der Waals surface area contributed by atoms with Gasteiger partial charge in [0, 0.05) is 11.9 Å². The van der Waals surface area contributed by atoms with Gasteiger partial charge in [-0.1, -0.05) is 0 Å². The maximum Gasteiger partial charge on any atom is 0.273 e. The van der Waals surface area contributed by atoms with Gasteiger partial charge in [0.2, 0.25) is 10.0 Å². The topological polar surface area (TPSA) is 88.6 Å². The molecule has 23 heavy (non-hydrogen) atoms. The number of rotatable bonds is 4. The number of nitrogens with one attached hydrogen (secondary N) is 1. The van der Waals surface area contributed by atoms with Crippen molar-refractivity contribution in [2.24, 2.45) is 5.92 Å². The Balaban J connectivity index is 1.47. The highest BCUT2D eigenvalue weighted by molar-refractivity contribution is 7.88. The minimum Gasteiger partial charge on any atom is -0.371 e. The highest BCUT2D eigenvalue weighted by Gasteiger charge is 2.48. The summed E-state index contributed by atoms with van der Waals surface area (Å²) in [6, 6.07) is 0. The second-order valence-electron chi connectivity index (χ2n) is 6.43. The molecule has 0 aliphatic carbocycles. The van der Waals surface area contributed by atoms with E-state index in [1.807, 2.05) is 6.92 Å². The van der Waals surface area contributed by atoms with E-state index in [4.69, 9.17) is 4.74 Å². The molecule has 128 valence electrons. The van der Waals surface area contributed by atoms with Crippen molar-refractivity contribution < 1.29 is 17.9 Å². The van der Waals surface area contributed by atoms with Crippen LogP contribution in [0.3, 0.4) is 0 Å². The quantitative estimate of drug-likeness (QED) is 0.851. The third kappa shape index (κ3) is 3.90. The lowest BCUT2D eigenvalue weighted by Gasteiger charge is -2.52. The number of amides is 1. The number of carbonyl (C=O) groups excluding carboxylic acids is 1. The number of hydrogen-bond donors (Lipinski definition) is 1. The van der Waals surface area contributed by atoms with E-state index < -0.39 is 10.0 Å². The Morgan fingerprint density at radius 2 is 2.30 bits per heavy atom. The zero-order chi connectivity index (χ0) is 16.7. The molecule has 0 aromatic carbocycles. The van der Waals surface area contributed by atoms with E-state index >= 15 is 0 Å². The first-order chi connectivity index (χ1) is 10.8. The van der Waals surface area contributed by atoms with Crippen LogP contribution in [0.1, 0.15) is 28.3 Å². The van der Waals surface area contributed by atoms with E-state index in [9.17, 15) is 13.2 Å². The maximum absolute atomic E-state index is 12.3. The van der Waals surface area contributed by atoms with E-state index in [1.165, 1.54) is 11.3 Å². The number of aromatic nitrogens is 1. The van der Waals surface area contributed by atoms with Crippen molar-refractivity contribution in [2.75, 3.05) is 32.5 Å². The van der Waals surface area contributed by atoms with Crippen molar-refractivity contribution in [1.82, 2.24) is 14.6 Å². The monoisotopic (exact) mass is 359 g/mol. The van der Waals surface area contributed by atoms with Gasteiger partial charge in [0.1, 0.15) is 11.3 Å². The number of aryl methyl sites for hydroxylation is 1. The lowest BCUT2D eigenvalue weighted by atomic mass is 9.83.